The van der Waals surface area contributed by atoms with Gasteiger partial charge in [0.1, 0.15) is 17.3 Å². The van der Waals surface area contributed by atoms with Gasteiger partial charge in [-0.3, -0.25) is 14.6 Å². The van der Waals surface area contributed by atoms with Gasteiger partial charge in [-0.2, -0.15) is 0 Å². The standard InChI is InChI=1S/C22H19F2N5O2/c23-15-3-1-4-16(24)20(15)17-5-2-6-18(27-17)21(30)28-19-13-26-8-7-14(19)22(31)29-11-9-25-10-12-29/h1-8,13,25H,9-12H2,(H,28,30). The molecule has 0 bridgehead atoms. The summed E-state index contributed by atoms with van der Waals surface area (Å²) in [6.07, 6.45) is 2.86. The van der Waals surface area contributed by atoms with Crippen LogP contribution < -0.4 is 10.6 Å². The van der Waals surface area contributed by atoms with Crippen LogP contribution in [0.5, 0.6) is 0 Å². The minimum atomic E-state index is -0.777. The van der Waals surface area contributed by atoms with Gasteiger partial charge in [0.15, 0.2) is 0 Å². The first-order valence-corrected chi connectivity index (χ1v) is 9.71. The number of halogens is 2. The quantitative estimate of drug-likeness (QED) is 0.674. The molecule has 0 spiro atoms. The highest BCUT2D eigenvalue weighted by atomic mass is 19.1. The number of carbonyl (C=O) groups is 2. The summed E-state index contributed by atoms with van der Waals surface area (Å²) in [6, 6.07) is 9.36. The third-order valence-electron chi connectivity index (χ3n) is 4.90. The Morgan fingerprint density at radius 2 is 1.71 bits per heavy atom. The number of aromatic nitrogens is 2. The fourth-order valence-electron chi connectivity index (χ4n) is 3.35. The van der Waals surface area contributed by atoms with Crippen LogP contribution in [0.15, 0.2) is 54.9 Å². The van der Waals surface area contributed by atoms with Crippen LogP contribution in [0.1, 0.15) is 20.8 Å². The van der Waals surface area contributed by atoms with Crippen molar-refractivity contribution in [3.8, 4) is 11.3 Å². The van der Waals surface area contributed by atoms with Crippen molar-refractivity contribution in [3.05, 3.63) is 77.8 Å². The lowest BCUT2D eigenvalue weighted by atomic mass is 10.1. The van der Waals surface area contributed by atoms with E-state index in [-0.39, 0.29) is 28.5 Å². The molecule has 1 aromatic carbocycles. The van der Waals surface area contributed by atoms with Crippen molar-refractivity contribution >= 4 is 17.5 Å². The van der Waals surface area contributed by atoms with E-state index in [0.29, 0.717) is 31.7 Å². The minimum absolute atomic E-state index is 0.00782. The van der Waals surface area contributed by atoms with Crippen LogP contribution in [0.2, 0.25) is 0 Å². The Labute approximate surface area is 177 Å². The van der Waals surface area contributed by atoms with Crippen LogP contribution in [0, 0.1) is 11.6 Å². The second-order valence-corrected chi connectivity index (χ2v) is 6.92. The van der Waals surface area contributed by atoms with Crippen LogP contribution in [0.4, 0.5) is 14.5 Å². The van der Waals surface area contributed by atoms with Gasteiger partial charge in [0.2, 0.25) is 0 Å². The van der Waals surface area contributed by atoms with Gasteiger partial charge in [0, 0.05) is 32.4 Å². The second kappa shape index (κ2) is 8.97. The first kappa shape index (κ1) is 20.5. The summed E-state index contributed by atoms with van der Waals surface area (Å²) < 4.78 is 28.2. The average Bonchev–Trinajstić information content (AvgIpc) is 2.80. The minimum Gasteiger partial charge on any atom is -0.336 e. The predicted molar refractivity (Wildman–Crippen MR) is 111 cm³/mol. The molecule has 3 aromatic rings. The van der Waals surface area contributed by atoms with Crippen molar-refractivity contribution < 1.29 is 18.4 Å². The van der Waals surface area contributed by atoms with E-state index in [0.717, 1.165) is 12.1 Å². The number of carbonyl (C=O) groups excluding carboxylic acids is 2. The van der Waals surface area contributed by atoms with Crippen molar-refractivity contribution in [1.29, 1.82) is 0 Å². The van der Waals surface area contributed by atoms with E-state index in [4.69, 9.17) is 0 Å². The number of benzene rings is 1. The molecule has 9 heteroatoms. The maximum atomic E-state index is 14.1. The molecule has 1 aliphatic heterocycles. The number of hydrogen-bond donors (Lipinski definition) is 2. The van der Waals surface area contributed by atoms with Gasteiger partial charge in [-0.15, -0.1) is 0 Å². The number of anilines is 1. The molecule has 31 heavy (non-hydrogen) atoms. The third kappa shape index (κ3) is 4.41. The zero-order valence-electron chi connectivity index (χ0n) is 16.4. The molecule has 0 radical (unpaired) electrons. The molecule has 0 saturated carbocycles. The molecule has 7 nitrogen and oxygen atoms in total. The molecular formula is C22H19F2N5O2. The SMILES string of the molecule is O=C(Nc1cnccc1C(=O)N1CCNCC1)c1cccc(-c2c(F)cccc2F)n1. The Morgan fingerprint density at radius 3 is 2.45 bits per heavy atom. The molecule has 0 aliphatic carbocycles. The van der Waals surface area contributed by atoms with Crippen LogP contribution in [-0.2, 0) is 0 Å². The first-order valence-electron chi connectivity index (χ1n) is 9.71. The summed E-state index contributed by atoms with van der Waals surface area (Å²) in [5.41, 5.74) is 0.172. The molecule has 4 rings (SSSR count). The number of amides is 2. The van der Waals surface area contributed by atoms with Gasteiger partial charge in [-0.25, -0.2) is 13.8 Å². The molecule has 1 aliphatic rings. The predicted octanol–water partition coefficient (Wildman–Crippen LogP) is 2.72. The largest absolute Gasteiger partial charge is 0.336 e. The Hall–Kier alpha value is -3.72. The van der Waals surface area contributed by atoms with Crippen molar-refractivity contribution in [1.82, 2.24) is 20.2 Å². The van der Waals surface area contributed by atoms with E-state index in [1.807, 2.05) is 0 Å². The summed E-state index contributed by atoms with van der Waals surface area (Å²) in [6.45, 7) is 2.52. The van der Waals surface area contributed by atoms with Crippen LogP contribution in [0.25, 0.3) is 11.3 Å². The van der Waals surface area contributed by atoms with Crippen LogP contribution >= 0.6 is 0 Å². The maximum absolute atomic E-state index is 14.1. The summed E-state index contributed by atoms with van der Waals surface area (Å²) in [4.78, 5) is 35.5. The van der Waals surface area contributed by atoms with E-state index in [2.05, 4.69) is 20.6 Å². The lowest BCUT2D eigenvalue weighted by molar-refractivity contribution is 0.0736. The molecule has 1 saturated heterocycles. The Balaban J connectivity index is 1.59. The van der Waals surface area contributed by atoms with Crippen molar-refractivity contribution in [2.75, 3.05) is 31.5 Å². The zero-order valence-corrected chi connectivity index (χ0v) is 16.4. The number of rotatable bonds is 4. The maximum Gasteiger partial charge on any atom is 0.274 e. The zero-order chi connectivity index (χ0) is 21.8. The molecule has 0 atom stereocenters. The fourth-order valence-corrected chi connectivity index (χ4v) is 3.35. The molecule has 158 valence electrons. The van der Waals surface area contributed by atoms with E-state index in [1.54, 1.807) is 11.0 Å². The Bertz CT molecular complexity index is 1110. The van der Waals surface area contributed by atoms with Crippen LogP contribution in [0.3, 0.4) is 0 Å². The van der Waals surface area contributed by atoms with E-state index < -0.39 is 17.5 Å². The molecule has 3 heterocycles. The van der Waals surface area contributed by atoms with Gasteiger partial charge in [0.05, 0.1) is 28.7 Å². The van der Waals surface area contributed by atoms with Gasteiger partial charge < -0.3 is 15.5 Å². The second-order valence-electron chi connectivity index (χ2n) is 6.92. The summed E-state index contributed by atoms with van der Waals surface area (Å²) >= 11 is 0. The molecular weight excluding hydrogens is 404 g/mol. The van der Waals surface area contributed by atoms with Crippen molar-refractivity contribution in [3.63, 3.8) is 0 Å². The topological polar surface area (TPSA) is 87.2 Å². The highest BCUT2D eigenvalue weighted by Crippen LogP contribution is 2.25. The normalized spacial score (nSPS) is 13.7. The lowest BCUT2D eigenvalue weighted by Crippen LogP contribution is -2.46. The highest BCUT2D eigenvalue weighted by molar-refractivity contribution is 6.08. The van der Waals surface area contributed by atoms with E-state index >= 15 is 0 Å². The van der Waals surface area contributed by atoms with Crippen molar-refractivity contribution in [2.45, 2.75) is 0 Å². The molecule has 1 fully saturated rings. The number of nitrogens with one attached hydrogen (secondary N) is 2. The highest BCUT2D eigenvalue weighted by Gasteiger charge is 2.22. The summed E-state index contributed by atoms with van der Waals surface area (Å²) in [5, 5.41) is 5.82. The smallest absolute Gasteiger partial charge is 0.274 e. The molecule has 2 N–H and O–H groups in total. The first-order chi connectivity index (χ1) is 15.0. The molecule has 2 amide bonds. The lowest BCUT2D eigenvalue weighted by Gasteiger charge is -2.28. The number of pyridine rings is 2. The summed E-state index contributed by atoms with van der Waals surface area (Å²) in [5.74, 6) is -2.39. The van der Waals surface area contributed by atoms with Gasteiger partial charge in [-0.1, -0.05) is 12.1 Å². The van der Waals surface area contributed by atoms with E-state index in [9.17, 15) is 18.4 Å². The van der Waals surface area contributed by atoms with Crippen molar-refractivity contribution in [2.24, 2.45) is 0 Å². The third-order valence-corrected chi connectivity index (χ3v) is 4.90. The Kier molecular flexibility index (Phi) is 5.94. The summed E-state index contributed by atoms with van der Waals surface area (Å²) in [7, 11) is 0. The van der Waals surface area contributed by atoms with Gasteiger partial charge >= 0.3 is 0 Å². The number of hydrogen-bond acceptors (Lipinski definition) is 5. The molecule has 0 unspecified atom stereocenters. The van der Waals surface area contributed by atoms with Gasteiger partial charge in [-0.05, 0) is 30.3 Å². The van der Waals surface area contributed by atoms with Crippen LogP contribution in [-0.4, -0.2) is 52.9 Å². The monoisotopic (exact) mass is 423 g/mol. The average molecular weight is 423 g/mol. The Morgan fingerprint density at radius 1 is 1.00 bits per heavy atom. The number of nitrogens with zero attached hydrogens (tertiary/aromatic N) is 3. The number of piperazine rings is 1. The van der Waals surface area contributed by atoms with E-state index in [1.165, 1.54) is 36.7 Å². The fraction of sp³-hybridized carbons (Fsp3) is 0.182. The molecule has 2 aromatic heterocycles. The van der Waals surface area contributed by atoms with Gasteiger partial charge in [0.25, 0.3) is 11.8 Å².